The zero-order valence-corrected chi connectivity index (χ0v) is 13.5. The largest absolute Gasteiger partial charge is 0.346 e. The molecule has 0 aliphatic rings. The molecule has 2 rings (SSSR count). The fourth-order valence-electron chi connectivity index (χ4n) is 2.29. The number of carbonyl (C=O) groups excluding carboxylic acids is 1. The van der Waals surface area contributed by atoms with Crippen molar-refractivity contribution in [3.8, 4) is 0 Å². The molecule has 114 valence electrons. The molecular weight excluding hydrogens is 270 g/mol. The lowest BCUT2D eigenvalue weighted by molar-refractivity contribution is -0.117. The summed E-state index contributed by atoms with van der Waals surface area (Å²) in [5.41, 5.74) is 4.62. The van der Waals surface area contributed by atoms with Crippen LogP contribution < -0.4 is 5.32 Å². The van der Waals surface area contributed by atoms with Gasteiger partial charge in [0.25, 0.3) is 0 Å². The van der Waals surface area contributed by atoms with Crippen LogP contribution in [0.4, 0.5) is 0 Å². The Morgan fingerprint density at radius 3 is 2.09 bits per heavy atom. The second kappa shape index (κ2) is 7.60. The number of hydrogen-bond donors (Lipinski definition) is 1. The highest BCUT2D eigenvalue weighted by molar-refractivity contribution is 5.92. The van der Waals surface area contributed by atoms with Crippen molar-refractivity contribution in [2.24, 2.45) is 0 Å². The van der Waals surface area contributed by atoms with Crippen molar-refractivity contribution in [3.05, 3.63) is 76.9 Å². The van der Waals surface area contributed by atoms with Gasteiger partial charge in [0.15, 0.2) is 0 Å². The predicted molar refractivity (Wildman–Crippen MR) is 92.6 cm³/mol. The average molecular weight is 293 g/mol. The van der Waals surface area contributed by atoms with Crippen molar-refractivity contribution in [2.75, 3.05) is 0 Å². The topological polar surface area (TPSA) is 29.1 Å². The summed E-state index contributed by atoms with van der Waals surface area (Å²) < 4.78 is 0. The van der Waals surface area contributed by atoms with E-state index in [-0.39, 0.29) is 11.9 Å². The summed E-state index contributed by atoms with van der Waals surface area (Å²) in [4.78, 5) is 12.1. The van der Waals surface area contributed by atoms with Crippen LogP contribution in [0.3, 0.4) is 0 Å². The maximum absolute atomic E-state index is 12.1. The second-order valence-corrected chi connectivity index (χ2v) is 5.62. The molecule has 0 aliphatic carbocycles. The Hall–Kier alpha value is -2.35. The smallest absolute Gasteiger partial charge is 0.244 e. The van der Waals surface area contributed by atoms with Gasteiger partial charge in [-0.05, 0) is 37.5 Å². The molecule has 22 heavy (non-hydrogen) atoms. The van der Waals surface area contributed by atoms with E-state index in [1.165, 1.54) is 11.1 Å². The molecule has 0 saturated heterocycles. The number of amides is 1. The third kappa shape index (κ3) is 4.59. The fourth-order valence-corrected chi connectivity index (χ4v) is 2.29. The monoisotopic (exact) mass is 293 g/mol. The number of aryl methyl sites for hydroxylation is 2. The van der Waals surface area contributed by atoms with Gasteiger partial charge >= 0.3 is 0 Å². The third-order valence-corrected chi connectivity index (χ3v) is 3.71. The van der Waals surface area contributed by atoms with Crippen LogP contribution in [-0.4, -0.2) is 5.91 Å². The Labute approximate surface area is 132 Å². The highest BCUT2D eigenvalue weighted by Crippen LogP contribution is 2.17. The minimum atomic E-state index is -0.0620. The molecule has 0 bridgehead atoms. The minimum absolute atomic E-state index is 0.0516. The van der Waals surface area contributed by atoms with Gasteiger partial charge in [-0.2, -0.15) is 0 Å². The molecule has 0 saturated carbocycles. The number of nitrogens with one attached hydrogen (secondary N) is 1. The van der Waals surface area contributed by atoms with E-state index in [0.29, 0.717) is 0 Å². The first kappa shape index (κ1) is 16.0. The minimum Gasteiger partial charge on any atom is -0.346 e. The van der Waals surface area contributed by atoms with Crippen LogP contribution in [-0.2, 0) is 4.79 Å². The van der Waals surface area contributed by atoms with Crippen LogP contribution in [0.15, 0.2) is 54.6 Å². The number of benzene rings is 2. The first-order valence-electron chi connectivity index (χ1n) is 7.70. The van der Waals surface area contributed by atoms with Crippen molar-refractivity contribution in [3.63, 3.8) is 0 Å². The zero-order chi connectivity index (χ0) is 15.9. The van der Waals surface area contributed by atoms with Gasteiger partial charge in [-0.1, -0.05) is 66.6 Å². The molecule has 2 heteroatoms. The number of carbonyl (C=O) groups is 1. The molecular formula is C20H23NO. The van der Waals surface area contributed by atoms with E-state index in [0.717, 1.165) is 17.5 Å². The average Bonchev–Trinajstić information content (AvgIpc) is 2.53. The molecule has 0 unspecified atom stereocenters. The first-order valence-corrected chi connectivity index (χ1v) is 7.70. The highest BCUT2D eigenvalue weighted by Gasteiger charge is 2.10. The molecule has 2 nitrogen and oxygen atoms in total. The Balaban J connectivity index is 2.00. The van der Waals surface area contributed by atoms with E-state index in [1.807, 2.05) is 37.3 Å². The van der Waals surface area contributed by atoms with Gasteiger partial charge in [0.2, 0.25) is 5.91 Å². The first-order chi connectivity index (χ1) is 10.6. The van der Waals surface area contributed by atoms with Crippen molar-refractivity contribution >= 4 is 12.0 Å². The summed E-state index contributed by atoms with van der Waals surface area (Å²) in [6.45, 7) is 6.19. The van der Waals surface area contributed by atoms with Crippen LogP contribution in [0, 0.1) is 13.8 Å². The zero-order valence-electron chi connectivity index (χ0n) is 13.5. The van der Waals surface area contributed by atoms with Crippen LogP contribution in [0.5, 0.6) is 0 Å². The Kier molecular flexibility index (Phi) is 5.54. The maximum Gasteiger partial charge on any atom is 0.244 e. The molecule has 1 N–H and O–H groups in total. The SMILES string of the molecule is CC[C@@H](NC(=O)/C=C/c1ccc(C)cc1)c1ccc(C)cc1. The van der Waals surface area contributed by atoms with E-state index in [4.69, 9.17) is 0 Å². The third-order valence-electron chi connectivity index (χ3n) is 3.71. The quantitative estimate of drug-likeness (QED) is 0.803. The Morgan fingerprint density at radius 1 is 1.00 bits per heavy atom. The van der Waals surface area contributed by atoms with Crippen molar-refractivity contribution in [1.29, 1.82) is 0 Å². The summed E-state index contributed by atoms with van der Waals surface area (Å²) in [5, 5.41) is 3.06. The van der Waals surface area contributed by atoms with Gasteiger partial charge in [-0.15, -0.1) is 0 Å². The molecule has 0 aliphatic heterocycles. The van der Waals surface area contributed by atoms with E-state index >= 15 is 0 Å². The summed E-state index contributed by atoms with van der Waals surface area (Å²) in [6.07, 6.45) is 4.31. The van der Waals surface area contributed by atoms with Crippen LogP contribution in [0.25, 0.3) is 6.08 Å². The Morgan fingerprint density at radius 2 is 1.55 bits per heavy atom. The number of hydrogen-bond acceptors (Lipinski definition) is 1. The predicted octanol–water partition coefficient (Wildman–Crippen LogP) is 4.58. The maximum atomic E-state index is 12.1. The molecule has 0 aromatic heterocycles. The lowest BCUT2D eigenvalue weighted by atomic mass is 10.0. The van der Waals surface area contributed by atoms with E-state index in [2.05, 4.69) is 43.4 Å². The molecule has 2 aromatic carbocycles. The fraction of sp³-hybridized carbons (Fsp3) is 0.250. The lowest BCUT2D eigenvalue weighted by Crippen LogP contribution is -2.26. The standard InChI is InChI=1S/C20H23NO/c1-4-19(18-12-7-16(3)8-13-18)21-20(22)14-11-17-9-5-15(2)6-10-17/h5-14,19H,4H2,1-3H3,(H,21,22)/b14-11+/t19-/m1/s1. The van der Waals surface area contributed by atoms with Crippen LogP contribution >= 0.6 is 0 Å². The molecule has 0 fully saturated rings. The normalized spacial score (nSPS) is 12.3. The molecule has 0 radical (unpaired) electrons. The van der Waals surface area contributed by atoms with Gasteiger partial charge in [0, 0.05) is 6.08 Å². The molecule has 2 aromatic rings. The second-order valence-electron chi connectivity index (χ2n) is 5.62. The van der Waals surface area contributed by atoms with Crippen LogP contribution in [0.1, 0.15) is 41.6 Å². The van der Waals surface area contributed by atoms with Crippen molar-refractivity contribution < 1.29 is 4.79 Å². The van der Waals surface area contributed by atoms with Gasteiger partial charge in [0.1, 0.15) is 0 Å². The van der Waals surface area contributed by atoms with Crippen molar-refractivity contribution in [1.82, 2.24) is 5.32 Å². The molecule has 0 heterocycles. The van der Waals surface area contributed by atoms with Gasteiger partial charge in [-0.25, -0.2) is 0 Å². The highest BCUT2D eigenvalue weighted by atomic mass is 16.1. The van der Waals surface area contributed by atoms with Crippen LogP contribution in [0.2, 0.25) is 0 Å². The van der Waals surface area contributed by atoms with Gasteiger partial charge in [-0.3, -0.25) is 4.79 Å². The van der Waals surface area contributed by atoms with Crippen molar-refractivity contribution in [2.45, 2.75) is 33.2 Å². The molecule has 1 amide bonds. The van der Waals surface area contributed by atoms with Gasteiger partial charge < -0.3 is 5.32 Å². The summed E-state index contributed by atoms with van der Waals surface area (Å²) >= 11 is 0. The lowest BCUT2D eigenvalue weighted by Gasteiger charge is -2.16. The Bertz CT molecular complexity index is 638. The number of rotatable bonds is 5. The van der Waals surface area contributed by atoms with Gasteiger partial charge in [0.05, 0.1) is 6.04 Å². The summed E-state index contributed by atoms with van der Waals surface area (Å²) in [6, 6.07) is 16.5. The molecule has 1 atom stereocenters. The van der Waals surface area contributed by atoms with E-state index < -0.39 is 0 Å². The summed E-state index contributed by atoms with van der Waals surface area (Å²) in [5.74, 6) is -0.0620. The molecule has 0 spiro atoms. The van der Waals surface area contributed by atoms with E-state index in [1.54, 1.807) is 6.08 Å². The van der Waals surface area contributed by atoms with E-state index in [9.17, 15) is 4.79 Å². The summed E-state index contributed by atoms with van der Waals surface area (Å²) in [7, 11) is 0.